The first-order valence-electron chi connectivity index (χ1n) is 6.13. The lowest BCUT2D eigenvalue weighted by molar-refractivity contribution is 0.672. The van der Waals surface area contributed by atoms with Crippen LogP contribution < -0.4 is 10.2 Å². The number of aryl methyl sites for hydroxylation is 1. The van der Waals surface area contributed by atoms with Crippen molar-refractivity contribution in [2.24, 2.45) is 0 Å². The lowest BCUT2D eigenvalue weighted by atomic mass is 10.1. The molecule has 0 heterocycles. The van der Waals surface area contributed by atoms with E-state index in [9.17, 15) is 0 Å². The zero-order chi connectivity index (χ0) is 12.1. The highest BCUT2D eigenvalue weighted by Gasteiger charge is 2.06. The van der Waals surface area contributed by atoms with Gasteiger partial charge in [-0.1, -0.05) is 19.9 Å². The van der Waals surface area contributed by atoms with Gasteiger partial charge in [0.2, 0.25) is 0 Å². The average molecular weight is 220 g/mol. The molecule has 1 rings (SSSR count). The normalized spacial score (nSPS) is 10.6. The van der Waals surface area contributed by atoms with Crippen LogP contribution in [0, 0.1) is 6.92 Å². The van der Waals surface area contributed by atoms with Gasteiger partial charge in [-0.15, -0.1) is 0 Å². The first-order valence-corrected chi connectivity index (χ1v) is 6.13. The molecule has 16 heavy (non-hydrogen) atoms. The Bertz CT molecular complexity index is 328. The van der Waals surface area contributed by atoms with Crippen LogP contribution in [0.25, 0.3) is 0 Å². The molecule has 0 saturated carbocycles. The second-order valence-electron chi connectivity index (χ2n) is 4.55. The van der Waals surface area contributed by atoms with Gasteiger partial charge in [0.25, 0.3) is 0 Å². The predicted octanol–water partition coefficient (Wildman–Crippen LogP) is 3.66. The van der Waals surface area contributed by atoms with E-state index < -0.39 is 0 Å². The molecular weight excluding hydrogens is 196 g/mol. The van der Waals surface area contributed by atoms with Crippen molar-refractivity contribution in [1.82, 2.24) is 0 Å². The quantitative estimate of drug-likeness (QED) is 0.814. The zero-order valence-electron chi connectivity index (χ0n) is 11.2. The SMILES string of the molecule is CCC(CC)Nc1ccc(C)c(N(C)C)c1. The second-order valence-corrected chi connectivity index (χ2v) is 4.55. The van der Waals surface area contributed by atoms with Crippen molar-refractivity contribution in [3.63, 3.8) is 0 Å². The van der Waals surface area contributed by atoms with E-state index in [1.165, 1.54) is 29.8 Å². The van der Waals surface area contributed by atoms with E-state index in [0.717, 1.165) is 0 Å². The van der Waals surface area contributed by atoms with Gasteiger partial charge in [-0.3, -0.25) is 0 Å². The van der Waals surface area contributed by atoms with Gasteiger partial charge in [0.05, 0.1) is 0 Å². The van der Waals surface area contributed by atoms with E-state index >= 15 is 0 Å². The number of nitrogens with one attached hydrogen (secondary N) is 1. The van der Waals surface area contributed by atoms with Gasteiger partial charge in [0.15, 0.2) is 0 Å². The van der Waals surface area contributed by atoms with Gasteiger partial charge in [-0.05, 0) is 37.5 Å². The van der Waals surface area contributed by atoms with Crippen molar-refractivity contribution >= 4 is 11.4 Å². The summed E-state index contributed by atoms with van der Waals surface area (Å²) in [6.07, 6.45) is 2.34. The van der Waals surface area contributed by atoms with Crippen LogP contribution in [0.5, 0.6) is 0 Å². The summed E-state index contributed by atoms with van der Waals surface area (Å²) in [5.74, 6) is 0. The lowest BCUT2D eigenvalue weighted by Gasteiger charge is -2.20. The molecule has 0 bridgehead atoms. The maximum Gasteiger partial charge on any atom is 0.0411 e. The van der Waals surface area contributed by atoms with Crippen LogP contribution in [-0.4, -0.2) is 20.1 Å². The Kier molecular flexibility index (Phi) is 4.66. The molecule has 0 amide bonds. The van der Waals surface area contributed by atoms with Crippen LogP contribution in [-0.2, 0) is 0 Å². The minimum Gasteiger partial charge on any atom is -0.382 e. The molecule has 2 nitrogen and oxygen atoms in total. The van der Waals surface area contributed by atoms with E-state index in [2.05, 4.69) is 63.3 Å². The van der Waals surface area contributed by atoms with Crippen LogP contribution >= 0.6 is 0 Å². The highest BCUT2D eigenvalue weighted by molar-refractivity contribution is 5.62. The molecule has 0 spiro atoms. The third kappa shape index (κ3) is 3.16. The Labute approximate surface area is 99.7 Å². The molecule has 2 heteroatoms. The van der Waals surface area contributed by atoms with E-state index in [-0.39, 0.29) is 0 Å². The topological polar surface area (TPSA) is 15.3 Å². The number of hydrogen-bond acceptors (Lipinski definition) is 2. The maximum atomic E-state index is 3.57. The number of anilines is 2. The Morgan fingerprint density at radius 1 is 1.19 bits per heavy atom. The summed E-state index contributed by atoms with van der Waals surface area (Å²) in [6.45, 7) is 6.60. The maximum absolute atomic E-state index is 3.57. The number of rotatable bonds is 5. The fourth-order valence-corrected chi connectivity index (χ4v) is 1.91. The fourth-order valence-electron chi connectivity index (χ4n) is 1.91. The van der Waals surface area contributed by atoms with Gasteiger partial charge in [0, 0.05) is 31.5 Å². The summed E-state index contributed by atoms with van der Waals surface area (Å²) in [6, 6.07) is 7.16. The summed E-state index contributed by atoms with van der Waals surface area (Å²) in [5.41, 5.74) is 3.83. The highest BCUT2D eigenvalue weighted by atomic mass is 15.1. The van der Waals surface area contributed by atoms with Crippen LogP contribution in [0.4, 0.5) is 11.4 Å². The molecule has 0 aliphatic heterocycles. The van der Waals surface area contributed by atoms with Crippen molar-refractivity contribution in [2.75, 3.05) is 24.3 Å². The Balaban J connectivity index is 2.86. The minimum absolute atomic E-state index is 0.581. The number of nitrogens with zero attached hydrogens (tertiary/aromatic N) is 1. The number of benzene rings is 1. The molecule has 0 aromatic heterocycles. The summed E-state index contributed by atoms with van der Waals surface area (Å²) in [7, 11) is 4.17. The lowest BCUT2D eigenvalue weighted by Crippen LogP contribution is -2.17. The summed E-state index contributed by atoms with van der Waals surface area (Å²) < 4.78 is 0. The van der Waals surface area contributed by atoms with E-state index in [1.54, 1.807) is 0 Å². The van der Waals surface area contributed by atoms with Crippen molar-refractivity contribution in [2.45, 2.75) is 39.7 Å². The summed E-state index contributed by atoms with van der Waals surface area (Å²) >= 11 is 0. The van der Waals surface area contributed by atoms with Crippen LogP contribution in [0.2, 0.25) is 0 Å². The Morgan fingerprint density at radius 3 is 2.31 bits per heavy atom. The molecule has 0 saturated heterocycles. The Hall–Kier alpha value is -1.18. The monoisotopic (exact) mass is 220 g/mol. The van der Waals surface area contributed by atoms with Crippen LogP contribution in [0.3, 0.4) is 0 Å². The minimum atomic E-state index is 0.581. The van der Waals surface area contributed by atoms with Gasteiger partial charge in [0.1, 0.15) is 0 Å². The molecule has 0 unspecified atom stereocenters. The molecule has 0 radical (unpaired) electrons. The molecule has 1 N–H and O–H groups in total. The first kappa shape index (κ1) is 12.9. The van der Waals surface area contributed by atoms with Gasteiger partial charge >= 0.3 is 0 Å². The molecule has 0 aliphatic rings. The van der Waals surface area contributed by atoms with Crippen LogP contribution in [0.1, 0.15) is 32.3 Å². The molecule has 1 aromatic rings. The highest BCUT2D eigenvalue weighted by Crippen LogP contribution is 2.23. The smallest absolute Gasteiger partial charge is 0.0411 e. The van der Waals surface area contributed by atoms with Crippen molar-refractivity contribution in [3.05, 3.63) is 23.8 Å². The third-order valence-corrected chi connectivity index (χ3v) is 3.05. The van der Waals surface area contributed by atoms with Gasteiger partial charge < -0.3 is 10.2 Å². The molecule has 0 aliphatic carbocycles. The van der Waals surface area contributed by atoms with E-state index in [0.29, 0.717) is 6.04 Å². The van der Waals surface area contributed by atoms with Crippen molar-refractivity contribution in [3.8, 4) is 0 Å². The van der Waals surface area contributed by atoms with E-state index in [1.807, 2.05) is 0 Å². The molecular formula is C14H24N2. The first-order chi connectivity index (χ1) is 7.58. The molecule has 0 atom stereocenters. The van der Waals surface area contributed by atoms with Crippen molar-refractivity contribution < 1.29 is 0 Å². The average Bonchev–Trinajstić information content (AvgIpc) is 2.27. The zero-order valence-corrected chi connectivity index (χ0v) is 11.2. The molecule has 90 valence electrons. The van der Waals surface area contributed by atoms with Crippen LogP contribution in [0.15, 0.2) is 18.2 Å². The summed E-state index contributed by atoms with van der Waals surface area (Å²) in [5, 5.41) is 3.57. The third-order valence-electron chi connectivity index (χ3n) is 3.05. The van der Waals surface area contributed by atoms with E-state index in [4.69, 9.17) is 0 Å². The number of hydrogen-bond donors (Lipinski definition) is 1. The van der Waals surface area contributed by atoms with Gasteiger partial charge in [-0.25, -0.2) is 0 Å². The fraction of sp³-hybridized carbons (Fsp3) is 0.571. The molecule has 1 aromatic carbocycles. The molecule has 0 fully saturated rings. The largest absolute Gasteiger partial charge is 0.382 e. The standard InChI is InChI=1S/C14H24N2/c1-6-12(7-2)15-13-9-8-11(3)14(10-13)16(4)5/h8-10,12,15H,6-7H2,1-5H3. The predicted molar refractivity (Wildman–Crippen MR) is 73.5 cm³/mol. The van der Waals surface area contributed by atoms with Crippen molar-refractivity contribution in [1.29, 1.82) is 0 Å². The Morgan fingerprint density at radius 2 is 1.81 bits per heavy atom. The summed E-state index contributed by atoms with van der Waals surface area (Å²) in [4.78, 5) is 2.16. The van der Waals surface area contributed by atoms with Gasteiger partial charge in [-0.2, -0.15) is 0 Å². The second kappa shape index (κ2) is 5.78.